The normalized spacial score (nSPS) is 17.9. The van der Waals surface area contributed by atoms with Crippen molar-refractivity contribution in [2.24, 2.45) is 5.92 Å². The summed E-state index contributed by atoms with van der Waals surface area (Å²) in [4.78, 5) is 34.7. The molecule has 5 nitrogen and oxygen atoms in total. The molecule has 2 rings (SSSR count). The summed E-state index contributed by atoms with van der Waals surface area (Å²) in [6.45, 7) is 1.58. The summed E-state index contributed by atoms with van der Waals surface area (Å²) in [6.07, 6.45) is 0.141. The Morgan fingerprint density at radius 2 is 2.05 bits per heavy atom. The molecule has 0 spiro atoms. The van der Waals surface area contributed by atoms with Crippen molar-refractivity contribution in [3.05, 3.63) is 29.3 Å². The number of anilines is 1. The average Bonchev–Trinajstić information content (AvgIpc) is 2.80. The van der Waals surface area contributed by atoms with Gasteiger partial charge < -0.3 is 10.0 Å². The summed E-state index contributed by atoms with van der Waals surface area (Å²) in [5.74, 6) is -4.51. The highest BCUT2D eigenvalue weighted by Crippen LogP contribution is 2.31. The van der Waals surface area contributed by atoms with Crippen LogP contribution in [-0.4, -0.2) is 34.4 Å². The first-order valence-corrected chi connectivity index (χ1v) is 7.44. The maximum atomic E-state index is 14.0. The molecule has 0 bridgehead atoms. The number of amides is 1. The lowest BCUT2D eigenvalue weighted by atomic mass is 10.1. The highest BCUT2D eigenvalue weighted by Gasteiger charge is 2.33. The van der Waals surface area contributed by atoms with Crippen molar-refractivity contribution in [2.75, 3.05) is 17.2 Å². The number of halogens is 2. The number of carboxylic acid groups (broad SMARTS) is 1. The molecule has 0 aromatic heterocycles. The van der Waals surface area contributed by atoms with Crippen molar-refractivity contribution < 1.29 is 28.3 Å². The van der Waals surface area contributed by atoms with Gasteiger partial charge in [-0.2, -0.15) is 0 Å². The lowest BCUT2D eigenvalue weighted by Crippen LogP contribution is -2.26. The number of carbonyl (C=O) groups excluding carboxylic acids is 2. The van der Waals surface area contributed by atoms with E-state index in [-0.39, 0.29) is 35.6 Å². The Morgan fingerprint density at radius 3 is 2.64 bits per heavy atom. The Kier molecular flexibility index (Phi) is 4.80. The Morgan fingerprint density at radius 1 is 1.36 bits per heavy atom. The minimum absolute atomic E-state index is 0.0751. The van der Waals surface area contributed by atoms with E-state index < -0.39 is 23.2 Å². The molecule has 1 aromatic carbocycles. The van der Waals surface area contributed by atoms with E-state index in [2.05, 4.69) is 0 Å². The zero-order valence-corrected chi connectivity index (χ0v) is 12.5. The van der Waals surface area contributed by atoms with Gasteiger partial charge in [0.15, 0.2) is 16.7 Å². The van der Waals surface area contributed by atoms with Gasteiger partial charge in [0.1, 0.15) is 0 Å². The van der Waals surface area contributed by atoms with Gasteiger partial charge in [0.05, 0.1) is 11.3 Å². The summed E-state index contributed by atoms with van der Waals surface area (Å²) in [5, 5.41) is 8.67. The smallest absolute Gasteiger partial charge is 0.338 e. The Hall–Kier alpha value is -1.96. The van der Waals surface area contributed by atoms with E-state index in [1.807, 2.05) is 0 Å². The van der Waals surface area contributed by atoms with Crippen LogP contribution in [0, 0.1) is 17.6 Å². The molecule has 1 aliphatic rings. The van der Waals surface area contributed by atoms with Crippen molar-refractivity contribution in [3.63, 3.8) is 0 Å². The third-order valence-corrected chi connectivity index (χ3v) is 4.36. The molecule has 1 saturated heterocycles. The number of nitrogens with zero attached hydrogens (tertiary/aromatic N) is 1. The predicted molar refractivity (Wildman–Crippen MR) is 76.9 cm³/mol. The van der Waals surface area contributed by atoms with Crippen LogP contribution in [-0.2, 0) is 9.59 Å². The molecule has 1 aliphatic heterocycles. The largest absolute Gasteiger partial charge is 0.478 e. The fraction of sp³-hybridized carbons (Fsp3) is 0.357. The van der Waals surface area contributed by atoms with E-state index in [9.17, 15) is 23.2 Å². The predicted octanol–water partition coefficient (Wildman–Crippen LogP) is 2.30. The number of hydrogen-bond donors (Lipinski definition) is 1. The second-order valence-electron chi connectivity index (χ2n) is 4.94. The lowest BCUT2D eigenvalue weighted by Gasteiger charge is -2.18. The first-order chi connectivity index (χ1) is 10.3. The van der Waals surface area contributed by atoms with Crippen LogP contribution in [0.15, 0.2) is 12.1 Å². The molecule has 1 N–H and O–H groups in total. The van der Waals surface area contributed by atoms with Crippen molar-refractivity contribution >= 4 is 34.4 Å². The van der Waals surface area contributed by atoms with Crippen LogP contribution in [0.3, 0.4) is 0 Å². The molecule has 22 heavy (non-hydrogen) atoms. The van der Waals surface area contributed by atoms with Crippen molar-refractivity contribution in [2.45, 2.75) is 13.3 Å². The quantitative estimate of drug-likeness (QED) is 0.917. The first kappa shape index (κ1) is 16.4. The summed E-state index contributed by atoms with van der Waals surface area (Å²) in [7, 11) is 0. The highest BCUT2D eigenvalue weighted by atomic mass is 32.2. The van der Waals surface area contributed by atoms with Crippen LogP contribution < -0.4 is 4.90 Å². The van der Waals surface area contributed by atoms with E-state index in [1.54, 1.807) is 0 Å². The number of hydrogen-bond acceptors (Lipinski definition) is 4. The van der Waals surface area contributed by atoms with Gasteiger partial charge in [-0.25, -0.2) is 13.6 Å². The monoisotopic (exact) mass is 329 g/mol. The zero-order chi connectivity index (χ0) is 16.4. The minimum Gasteiger partial charge on any atom is -0.478 e. The maximum absolute atomic E-state index is 14.0. The fourth-order valence-electron chi connectivity index (χ4n) is 2.27. The van der Waals surface area contributed by atoms with Crippen LogP contribution in [0.4, 0.5) is 14.5 Å². The van der Waals surface area contributed by atoms with Crippen molar-refractivity contribution in [3.8, 4) is 0 Å². The van der Waals surface area contributed by atoms with E-state index in [1.165, 1.54) is 6.92 Å². The van der Waals surface area contributed by atoms with Gasteiger partial charge in [0.25, 0.3) is 0 Å². The van der Waals surface area contributed by atoms with Gasteiger partial charge in [-0.05, 0) is 18.1 Å². The molecule has 0 saturated carbocycles. The number of carbonyl (C=O) groups is 3. The molecular weight excluding hydrogens is 316 g/mol. The molecule has 1 fully saturated rings. The van der Waals surface area contributed by atoms with Crippen LogP contribution in [0.25, 0.3) is 0 Å². The van der Waals surface area contributed by atoms with Gasteiger partial charge in [-0.1, -0.05) is 11.8 Å². The maximum Gasteiger partial charge on any atom is 0.338 e. The SMILES string of the molecule is CC(=O)SCC1CC(=O)N(c2ccc(C(=O)O)c(F)c2F)C1. The van der Waals surface area contributed by atoms with Crippen LogP contribution in [0.2, 0.25) is 0 Å². The fourth-order valence-corrected chi connectivity index (χ4v) is 2.97. The third-order valence-electron chi connectivity index (χ3n) is 3.31. The number of aromatic carboxylic acids is 1. The number of rotatable bonds is 4. The van der Waals surface area contributed by atoms with Gasteiger partial charge in [0.2, 0.25) is 5.91 Å². The average molecular weight is 329 g/mol. The summed E-state index contributed by atoms with van der Waals surface area (Å²) in [6, 6.07) is 2.02. The number of thioether (sulfide) groups is 1. The zero-order valence-electron chi connectivity index (χ0n) is 11.6. The second-order valence-corrected chi connectivity index (χ2v) is 6.14. The van der Waals surface area contributed by atoms with E-state index >= 15 is 0 Å². The lowest BCUT2D eigenvalue weighted by molar-refractivity contribution is -0.117. The molecule has 0 radical (unpaired) electrons. The molecular formula is C14H13F2NO4S. The summed E-state index contributed by atoms with van der Waals surface area (Å²) < 4.78 is 27.7. The molecule has 0 aliphatic carbocycles. The molecule has 1 heterocycles. The first-order valence-electron chi connectivity index (χ1n) is 6.46. The van der Waals surface area contributed by atoms with Crippen molar-refractivity contribution in [1.29, 1.82) is 0 Å². The third kappa shape index (κ3) is 3.27. The number of benzene rings is 1. The summed E-state index contributed by atoms with van der Waals surface area (Å²) in [5.41, 5.74) is -1.06. The molecule has 1 unspecified atom stereocenters. The van der Waals surface area contributed by atoms with Gasteiger partial charge in [-0.3, -0.25) is 9.59 Å². The molecule has 8 heteroatoms. The Balaban J connectivity index is 2.22. The van der Waals surface area contributed by atoms with Gasteiger partial charge >= 0.3 is 5.97 Å². The Bertz CT molecular complexity index is 650. The van der Waals surface area contributed by atoms with Crippen LogP contribution in [0.5, 0.6) is 0 Å². The van der Waals surface area contributed by atoms with E-state index in [0.717, 1.165) is 28.8 Å². The van der Waals surface area contributed by atoms with Gasteiger partial charge in [-0.15, -0.1) is 0 Å². The molecule has 1 atom stereocenters. The van der Waals surface area contributed by atoms with Crippen LogP contribution in [0.1, 0.15) is 23.7 Å². The Labute approximate surface area is 129 Å². The molecule has 1 aromatic rings. The van der Waals surface area contributed by atoms with Gasteiger partial charge in [0, 0.05) is 25.6 Å². The van der Waals surface area contributed by atoms with Crippen molar-refractivity contribution in [1.82, 2.24) is 0 Å². The standard InChI is InChI=1S/C14H13F2NO4S/c1-7(18)22-6-8-4-11(19)17(5-8)10-3-2-9(14(20)21)12(15)13(10)16/h2-3,8H,4-6H2,1H3,(H,20,21). The minimum atomic E-state index is -1.58. The highest BCUT2D eigenvalue weighted by molar-refractivity contribution is 8.13. The molecule has 118 valence electrons. The van der Waals surface area contributed by atoms with E-state index in [4.69, 9.17) is 5.11 Å². The molecule has 1 amide bonds. The number of carboxylic acids is 1. The second kappa shape index (κ2) is 6.43. The van der Waals surface area contributed by atoms with Crippen LogP contribution >= 0.6 is 11.8 Å². The summed E-state index contributed by atoms with van der Waals surface area (Å²) >= 11 is 1.08. The van der Waals surface area contributed by atoms with E-state index in [0.29, 0.717) is 5.75 Å². The topological polar surface area (TPSA) is 74.7 Å².